The van der Waals surface area contributed by atoms with Crippen LogP contribution in [0.1, 0.15) is 49.7 Å². The first-order valence-corrected chi connectivity index (χ1v) is 10.5. The van der Waals surface area contributed by atoms with E-state index in [4.69, 9.17) is 4.74 Å². The highest BCUT2D eigenvalue weighted by molar-refractivity contribution is 5.35. The average molecular weight is 384 g/mol. The first kappa shape index (κ1) is 20.8. The first-order valence-electron chi connectivity index (χ1n) is 10.5. The molecule has 0 bridgehead atoms. The van der Waals surface area contributed by atoms with Crippen LogP contribution >= 0.6 is 0 Å². The summed E-state index contributed by atoms with van der Waals surface area (Å²) in [6.45, 7) is 6.25. The second-order valence-electron chi connectivity index (χ2n) is 7.80. The highest BCUT2D eigenvalue weighted by atomic mass is 16.5. The van der Waals surface area contributed by atoms with Gasteiger partial charge >= 0.3 is 0 Å². The van der Waals surface area contributed by atoms with E-state index in [-0.39, 0.29) is 11.7 Å². The number of hydrogen-bond donors (Lipinski definition) is 2. The van der Waals surface area contributed by atoms with E-state index >= 15 is 0 Å². The largest absolute Gasteiger partial charge is 0.508 e. The summed E-state index contributed by atoms with van der Waals surface area (Å²) >= 11 is 0. The fraction of sp³-hybridized carbons (Fsp3) is 0.500. The van der Waals surface area contributed by atoms with Gasteiger partial charge in [-0.1, -0.05) is 68.7 Å². The van der Waals surface area contributed by atoms with Crippen LogP contribution in [0, 0.1) is 0 Å². The summed E-state index contributed by atoms with van der Waals surface area (Å²) in [6.07, 6.45) is 3.89. The molecule has 1 aliphatic rings. The smallest absolute Gasteiger partial charge is 0.115 e. The van der Waals surface area contributed by atoms with Gasteiger partial charge in [0.1, 0.15) is 5.75 Å². The summed E-state index contributed by atoms with van der Waals surface area (Å²) in [5, 5.41) is 21.9. The Morgan fingerprint density at radius 1 is 1.00 bits per heavy atom. The van der Waals surface area contributed by atoms with Crippen LogP contribution in [0.2, 0.25) is 0 Å². The molecule has 0 spiro atoms. The molecule has 2 atom stereocenters. The summed E-state index contributed by atoms with van der Waals surface area (Å²) < 4.78 is 5.52. The lowest BCUT2D eigenvalue weighted by Gasteiger charge is -2.41. The minimum Gasteiger partial charge on any atom is -0.508 e. The second kappa shape index (κ2) is 10.1. The van der Waals surface area contributed by atoms with Crippen LogP contribution in [-0.4, -0.2) is 48.0 Å². The molecule has 2 aromatic carbocycles. The van der Waals surface area contributed by atoms with Crippen molar-refractivity contribution in [1.82, 2.24) is 4.90 Å². The van der Waals surface area contributed by atoms with Crippen LogP contribution in [-0.2, 0) is 10.3 Å². The zero-order valence-corrected chi connectivity index (χ0v) is 16.9. The minimum absolute atomic E-state index is 0.0480. The predicted octanol–water partition coefficient (Wildman–Crippen LogP) is 4.28. The molecule has 0 saturated carbocycles. The van der Waals surface area contributed by atoms with Crippen LogP contribution in [0.4, 0.5) is 0 Å². The maximum absolute atomic E-state index is 12.1. The van der Waals surface area contributed by atoms with Gasteiger partial charge in [0, 0.05) is 25.6 Å². The number of rotatable bonds is 9. The summed E-state index contributed by atoms with van der Waals surface area (Å²) in [7, 11) is 0. The van der Waals surface area contributed by atoms with Gasteiger partial charge in [-0.05, 0) is 29.7 Å². The maximum atomic E-state index is 12.1. The number of unbranched alkanes of at least 4 members (excludes halogenated alkanes) is 2. The summed E-state index contributed by atoms with van der Waals surface area (Å²) in [6, 6.07) is 17.5. The van der Waals surface area contributed by atoms with Crippen molar-refractivity contribution in [2.75, 3.05) is 32.8 Å². The van der Waals surface area contributed by atoms with Crippen molar-refractivity contribution in [3.63, 3.8) is 0 Å². The molecule has 1 aliphatic heterocycles. The monoisotopic (exact) mass is 383 g/mol. The van der Waals surface area contributed by atoms with Gasteiger partial charge < -0.3 is 14.9 Å². The van der Waals surface area contributed by atoms with E-state index in [1.807, 2.05) is 30.3 Å². The number of nitrogens with zero attached hydrogens (tertiary/aromatic N) is 1. The first-order chi connectivity index (χ1) is 13.6. The van der Waals surface area contributed by atoms with Crippen LogP contribution in [0.5, 0.6) is 5.75 Å². The predicted molar refractivity (Wildman–Crippen MR) is 113 cm³/mol. The molecular weight excluding hydrogens is 350 g/mol. The average Bonchev–Trinajstić information content (AvgIpc) is 2.74. The lowest BCUT2D eigenvalue weighted by molar-refractivity contribution is -0.0295. The van der Waals surface area contributed by atoms with E-state index in [2.05, 4.69) is 24.0 Å². The van der Waals surface area contributed by atoms with E-state index in [1.54, 1.807) is 12.1 Å². The molecule has 0 amide bonds. The number of morpholine rings is 1. The van der Waals surface area contributed by atoms with Crippen LogP contribution < -0.4 is 0 Å². The number of aromatic hydroxyl groups is 1. The Morgan fingerprint density at radius 3 is 2.32 bits per heavy atom. The molecular formula is C24H33NO3. The van der Waals surface area contributed by atoms with Gasteiger partial charge in [-0.25, -0.2) is 0 Å². The van der Waals surface area contributed by atoms with E-state index in [9.17, 15) is 10.2 Å². The molecule has 28 heavy (non-hydrogen) atoms. The topological polar surface area (TPSA) is 52.9 Å². The molecule has 1 fully saturated rings. The van der Waals surface area contributed by atoms with Gasteiger partial charge in [0.15, 0.2) is 0 Å². The van der Waals surface area contributed by atoms with Crippen molar-refractivity contribution < 1.29 is 14.9 Å². The molecule has 1 heterocycles. The molecule has 2 N–H and O–H groups in total. The van der Waals surface area contributed by atoms with Crippen molar-refractivity contribution in [1.29, 1.82) is 0 Å². The van der Waals surface area contributed by atoms with Gasteiger partial charge in [0.25, 0.3) is 0 Å². The van der Waals surface area contributed by atoms with Gasteiger partial charge in [0.05, 0.1) is 18.8 Å². The molecule has 3 rings (SSSR count). The maximum Gasteiger partial charge on any atom is 0.115 e. The Kier molecular flexibility index (Phi) is 7.49. The van der Waals surface area contributed by atoms with Crippen LogP contribution in [0.15, 0.2) is 54.6 Å². The minimum atomic E-state index is -0.984. The van der Waals surface area contributed by atoms with E-state index in [0.717, 1.165) is 63.2 Å². The molecule has 4 nitrogen and oxygen atoms in total. The van der Waals surface area contributed by atoms with Crippen molar-refractivity contribution in [3.05, 3.63) is 65.7 Å². The number of aliphatic hydroxyl groups is 1. The van der Waals surface area contributed by atoms with Gasteiger partial charge in [-0.3, -0.25) is 4.90 Å². The lowest BCUT2D eigenvalue weighted by atomic mass is 9.74. The van der Waals surface area contributed by atoms with Crippen LogP contribution in [0.3, 0.4) is 0 Å². The van der Waals surface area contributed by atoms with Crippen molar-refractivity contribution in [3.8, 4) is 5.75 Å². The van der Waals surface area contributed by atoms with Crippen molar-refractivity contribution >= 4 is 0 Å². The molecule has 0 aromatic heterocycles. The summed E-state index contributed by atoms with van der Waals surface area (Å²) in [4.78, 5) is 2.40. The number of hydrogen-bond acceptors (Lipinski definition) is 4. The Hall–Kier alpha value is -1.88. The standard InChI is InChI=1S/C24H33NO3/c1-2-3-7-14-24(27,21-10-12-22(26)13-11-21)23(20-8-5-4-6-9-20)19-25-15-17-28-18-16-25/h4-6,8-13,23,26-27H,2-3,7,14-19H2,1H3/t23-,24-/m1/s1. The summed E-state index contributed by atoms with van der Waals surface area (Å²) in [5.74, 6) is 0.178. The quantitative estimate of drug-likeness (QED) is 0.635. The molecule has 0 unspecified atom stereocenters. The molecule has 4 heteroatoms. The zero-order valence-electron chi connectivity index (χ0n) is 16.9. The molecule has 0 aliphatic carbocycles. The molecule has 2 aromatic rings. The number of phenolic OH excluding ortho intramolecular Hbond substituents is 1. The van der Waals surface area contributed by atoms with E-state index in [0.29, 0.717) is 6.42 Å². The SMILES string of the molecule is CCCCC[C@@](O)(c1ccc(O)cc1)[C@H](CN1CCOCC1)c1ccccc1. The van der Waals surface area contributed by atoms with Crippen LogP contribution in [0.25, 0.3) is 0 Å². The Balaban J connectivity index is 1.97. The third kappa shape index (κ3) is 5.13. The fourth-order valence-electron chi connectivity index (χ4n) is 4.17. The summed E-state index contributed by atoms with van der Waals surface area (Å²) in [5.41, 5.74) is 1.05. The number of phenols is 1. The molecule has 152 valence electrons. The fourth-order valence-corrected chi connectivity index (χ4v) is 4.17. The lowest BCUT2D eigenvalue weighted by Crippen LogP contribution is -2.45. The number of benzene rings is 2. The van der Waals surface area contributed by atoms with Crippen molar-refractivity contribution in [2.24, 2.45) is 0 Å². The van der Waals surface area contributed by atoms with Gasteiger partial charge in [-0.15, -0.1) is 0 Å². The third-order valence-corrected chi connectivity index (χ3v) is 5.85. The zero-order chi connectivity index (χ0) is 19.8. The van der Waals surface area contributed by atoms with E-state index in [1.165, 1.54) is 0 Å². The number of ether oxygens (including phenoxy) is 1. The highest BCUT2D eigenvalue weighted by Gasteiger charge is 2.40. The van der Waals surface area contributed by atoms with Crippen molar-refractivity contribution in [2.45, 2.75) is 44.1 Å². The Bertz CT molecular complexity index is 698. The Labute approximate surface area is 168 Å². The second-order valence-corrected chi connectivity index (χ2v) is 7.80. The third-order valence-electron chi connectivity index (χ3n) is 5.85. The Morgan fingerprint density at radius 2 is 1.68 bits per heavy atom. The highest BCUT2D eigenvalue weighted by Crippen LogP contribution is 2.42. The normalized spacial score (nSPS) is 18.5. The molecule has 0 radical (unpaired) electrons. The van der Waals surface area contributed by atoms with Gasteiger partial charge in [0.2, 0.25) is 0 Å². The molecule has 1 saturated heterocycles. The van der Waals surface area contributed by atoms with Gasteiger partial charge in [-0.2, -0.15) is 0 Å². The van der Waals surface area contributed by atoms with E-state index < -0.39 is 5.60 Å².